The van der Waals surface area contributed by atoms with Crippen LogP contribution in [0.2, 0.25) is 5.04 Å². The lowest BCUT2D eigenvalue weighted by Crippen LogP contribution is -2.36. The van der Waals surface area contributed by atoms with E-state index in [1.54, 1.807) is 14.2 Å². The van der Waals surface area contributed by atoms with E-state index >= 15 is 0 Å². The smallest absolute Gasteiger partial charge is 0.327 e. The lowest BCUT2D eigenvalue weighted by Gasteiger charge is -2.36. The molecule has 0 spiro atoms. The van der Waals surface area contributed by atoms with Crippen LogP contribution in [-0.2, 0) is 8.85 Å². The molecule has 0 aromatic rings. The minimum Gasteiger partial charge on any atom is -0.400 e. The summed E-state index contributed by atoms with van der Waals surface area (Å²) < 4.78 is 10.9. The maximum Gasteiger partial charge on any atom is 0.327 e. The molecular formula is C19H42O2Si. The van der Waals surface area contributed by atoms with Crippen molar-refractivity contribution in [2.24, 2.45) is 0 Å². The molecule has 0 amide bonds. The zero-order valence-electron chi connectivity index (χ0n) is 16.1. The fourth-order valence-electron chi connectivity index (χ4n) is 3.47. The topological polar surface area (TPSA) is 18.5 Å². The third-order valence-electron chi connectivity index (χ3n) is 4.95. The molecule has 0 bridgehead atoms. The molecule has 1 aliphatic rings. The van der Waals surface area contributed by atoms with Gasteiger partial charge in [-0.1, -0.05) is 91.4 Å². The Morgan fingerprint density at radius 3 is 1.50 bits per heavy atom. The molecule has 1 rings (SSSR count). The minimum atomic E-state index is -1.39. The molecule has 0 unspecified atom stereocenters. The molecule has 0 atom stereocenters. The highest BCUT2D eigenvalue weighted by Gasteiger charge is 2.38. The highest BCUT2D eigenvalue weighted by atomic mass is 28.3. The van der Waals surface area contributed by atoms with Crippen molar-refractivity contribution in [3.63, 3.8) is 0 Å². The first-order valence-corrected chi connectivity index (χ1v) is 11.2. The van der Waals surface area contributed by atoms with E-state index in [0.717, 1.165) is 0 Å². The average molecular weight is 331 g/mol. The zero-order valence-corrected chi connectivity index (χ0v) is 17.2. The molecule has 1 aliphatic carbocycles. The van der Waals surface area contributed by atoms with Crippen molar-refractivity contribution < 1.29 is 8.85 Å². The summed E-state index contributed by atoms with van der Waals surface area (Å²) in [4.78, 5) is 0. The van der Waals surface area contributed by atoms with Crippen LogP contribution in [0.3, 0.4) is 0 Å². The van der Waals surface area contributed by atoms with E-state index < -0.39 is 9.28 Å². The van der Waals surface area contributed by atoms with Crippen LogP contribution in [0.25, 0.3) is 0 Å². The van der Waals surface area contributed by atoms with Crippen LogP contribution in [0, 0.1) is 0 Å². The van der Waals surface area contributed by atoms with Gasteiger partial charge in [-0.15, -0.1) is 0 Å². The fraction of sp³-hybridized carbons (Fsp3) is 1.00. The molecule has 0 radical (unpaired) electrons. The summed E-state index contributed by atoms with van der Waals surface area (Å²) in [5.41, 5.74) is 0. The van der Waals surface area contributed by atoms with E-state index in [9.17, 15) is 0 Å². The normalized spacial score (nSPS) is 17.2. The van der Waals surface area contributed by atoms with E-state index in [4.69, 9.17) is 8.85 Å². The maximum atomic E-state index is 5.46. The fourth-order valence-corrected chi connectivity index (χ4v) is 5.68. The van der Waals surface area contributed by atoms with Crippen molar-refractivity contribution in [2.75, 3.05) is 14.2 Å². The second-order valence-electron chi connectivity index (χ2n) is 7.14. The summed E-state index contributed by atoms with van der Waals surface area (Å²) in [6.07, 6.45) is 18.2. The first-order chi connectivity index (χ1) is 10.6. The first kappa shape index (κ1) is 22.1. The summed E-state index contributed by atoms with van der Waals surface area (Å²) in [5, 5.41) is 0.391. The molecule has 134 valence electrons. The molecule has 2 nitrogen and oxygen atoms in total. The van der Waals surface area contributed by atoms with Crippen molar-refractivity contribution in [1.29, 1.82) is 0 Å². The molecule has 3 heteroatoms. The summed E-state index contributed by atoms with van der Waals surface area (Å²) in [5.74, 6) is 0. The quantitative estimate of drug-likeness (QED) is 0.342. The van der Waals surface area contributed by atoms with Gasteiger partial charge in [0.15, 0.2) is 0 Å². The molecule has 0 aromatic carbocycles. The van der Waals surface area contributed by atoms with E-state index in [-0.39, 0.29) is 0 Å². The van der Waals surface area contributed by atoms with Crippen molar-refractivity contribution in [3.05, 3.63) is 0 Å². The van der Waals surface area contributed by atoms with E-state index in [2.05, 4.69) is 20.8 Å². The van der Waals surface area contributed by atoms with Crippen LogP contribution in [0.1, 0.15) is 104 Å². The second kappa shape index (κ2) is 14.7. The number of hydrogen-bond acceptors (Lipinski definition) is 2. The van der Waals surface area contributed by atoms with Crippen molar-refractivity contribution in [2.45, 2.75) is 109 Å². The molecular weight excluding hydrogens is 288 g/mol. The van der Waals surface area contributed by atoms with Crippen LogP contribution >= 0.6 is 0 Å². The lowest BCUT2D eigenvalue weighted by molar-refractivity contribution is 0.219. The Balaban J connectivity index is 0.000000409. The van der Waals surface area contributed by atoms with E-state index in [1.807, 2.05) is 0 Å². The molecule has 0 heterocycles. The monoisotopic (exact) mass is 330 g/mol. The molecule has 0 aromatic heterocycles. The van der Waals surface area contributed by atoms with Gasteiger partial charge in [0.05, 0.1) is 0 Å². The Kier molecular flexibility index (Phi) is 14.8. The standard InChI is InChI=1S/C10H22.C9H20O2Si/c1-3-5-7-9-10-8-6-4-2;1-9(12(10-2)11-3)7-5-4-6-8-9/h3-10H2,1-2H3;12H,4-8H2,1-3H3. The van der Waals surface area contributed by atoms with Crippen LogP contribution in [0.4, 0.5) is 0 Å². The average Bonchev–Trinajstić information content (AvgIpc) is 2.53. The van der Waals surface area contributed by atoms with Gasteiger partial charge in [-0.25, -0.2) is 0 Å². The Morgan fingerprint density at radius 2 is 1.14 bits per heavy atom. The van der Waals surface area contributed by atoms with Gasteiger partial charge in [-0.2, -0.15) is 0 Å². The van der Waals surface area contributed by atoms with E-state index in [1.165, 1.54) is 83.5 Å². The van der Waals surface area contributed by atoms with Crippen molar-refractivity contribution in [1.82, 2.24) is 0 Å². The third-order valence-corrected chi connectivity index (χ3v) is 7.52. The van der Waals surface area contributed by atoms with Crippen molar-refractivity contribution >= 4 is 9.28 Å². The number of rotatable bonds is 10. The molecule has 0 saturated heterocycles. The van der Waals surface area contributed by atoms with Gasteiger partial charge in [0.25, 0.3) is 0 Å². The summed E-state index contributed by atoms with van der Waals surface area (Å²) in [6.45, 7) is 6.87. The third kappa shape index (κ3) is 10.0. The van der Waals surface area contributed by atoms with Crippen molar-refractivity contribution in [3.8, 4) is 0 Å². The Labute approximate surface area is 142 Å². The predicted octanol–water partition coefficient (Wildman–Crippen LogP) is 6.37. The predicted molar refractivity (Wildman–Crippen MR) is 101 cm³/mol. The van der Waals surface area contributed by atoms with Crippen LogP contribution in [-0.4, -0.2) is 23.5 Å². The Bertz CT molecular complexity index is 215. The molecule has 0 N–H and O–H groups in total. The number of unbranched alkanes of at least 4 members (excludes halogenated alkanes) is 7. The largest absolute Gasteiger partial charge is 0.400 e. The highest BCUT2D eigenvalue weighted by Crippen LogP contribution is 2.44. The Morgan fingerprint density at radius 1 is 0.727 bits per heavy atom. The summed E-state index contributed by atoms with van der Waals surface area (Å²) >= 11 is 0. The summed E-state index contributed by atoms with van der Waals surface area (Å²) in [6, 6.07) is 0. The van der Waals surface area contributed by atoms with Gasteiger partial charge >= 0.3 is 9.28 Å². The maximum absolute atomic E-state index is 5.46. The van der Waals surface area contributed by atoms with E-state index in [0.29, 0.717) is 5.04 Å². The minimum absolute atomic E-state index is 0.391. The number of hydrogen-bond donors (Lipinski definition) is 0. The molecule has 0 aliphatic heterocycles. The van der Waals surface area contributed by atoms with Gasteiger partial charge in [0, 0.05) is 19.3 Å². The van der Waals surface area contributed by atoms with Crippen LogP contribution in [0.15, 0.2) is 0 Å². The molecule has 1 saturated carbocycles. The van der Waals surface area contributed by atoms with Gasteiger partial charge in [0.1, 0.15) is 0 Å². The Hall–Kier alpha value is 0.137. The molecule has 1 fully saturated rings. The van der Waals surface area contributed by atoms with Crippen LogP contribution < -0.4 is 0 Å². The van der Waals surface area contributed by atoms with Gasteiger partial charge in [-0.05, 0) is 12.8 Å². The SMILES string of the molecule is CCCCCCCCCC.CO[SiH](OC)C1(C)CCCCC1. The van der Waals surface area contributed by atoms with Crippen LogP contribution in [0.5, 0.6) is 0 Å². The first-order valence-electron chi connectivity index (χ1n) is 9.70. The lowest BCUT2D eigenvalue weighted by atomic mass is 9.90. The summed E-state index contributed by atoms with van der Waals surface area (Å²) in [7, 11) is 2.20. The van der Waals surface area contributed by atoms with Gasteiger partial charge < -0.3 is 8.85 Å². The zero-order chi connectivity index (χ0) is 16.7. The van der Waals surface area contributed by atoms with Gasteiger partial charge in [0.2, 0.25) is 0 Å². The molecule has 22 heavy (non-hydrogen) atoms. The van der Waals surface area contributed by atoms with Gasteiger partial charge in [-0.3, -0.25) is 0 Å². The second-order valence-corrected chi connectivity index (χ2v) is 10.1. The highest BCUT2D eigenvalue weighted by molar-refractivity contribution is 6.48.